The number of benzene rings is 3. The number of aliphatic hydroxyl groups is 1. The number of methoxy groups -OCH3 is 1. The van der Waals surface area contributed by atoms with Crippen molar-refractivity contribution in [3.8, 4) is 5.75 Å². The second kappa shape index (κ2) is 11.7. The number of carbonyl (C=O) groups is 1. The molecule has 2 N–H and O–H groups in total. The first-order valence-corrected chi connectivity index (χ1v) is 10.2. The van der Waals surface area contributed by atoms with Crippen LogP contribution in [0.25, 0.3) is 11.6 Å². The maximum absolute atomic E-state index is 12.2. The van der Waals surface area contributed by atoms with Crippen LogP contribution in [0.1, 0.15) is 16.7 Å². The Morgan fingerprint density at radius 1 is 0.968 bits per heavy atom. The van der Waals surface area contributed by atoms with E-state index in [1.165, 1.54) is 12.7 Å². The molecule has 1 atom stereocenters. The largest absolute Gasteiger partial charge is 0.491 e. The summed E-state index contributed by atoms with van der Waals surface area (Å²) in [5.74, 6) is 0.260. The summed E-state index contributed by atoms with van der Waals surface area (Å²) in [7, 11) is 1.37. The third-order valence-electron chi connectivity index (χ3n) is 4.68. The van der Waals surface area contributed by atoms with Gasteiger partial charge in [0.2, 0.25) is 0 Å². The topological polar surface area (TPSA) is 67.8 Å². The Morgan fingerprint density at radius 3 is 2.26 bits per heavy atom. The number of hydrogen-bond acceptors (Lipinski definition) is 5. The highest BCUT2D eigenvalue weighted by molar-refractivity contribution is 6.21. The normalized spacial score (nSPS) is 12.3. The summed E-state index contributed by atoms with van der Waals surface area (Å²) in [5, 5.41) is 13.3. The zero-order chi connectivity index (χ0) is 21.9. The number of rotatable bonds is 10. The Kier molecular flexibility index (Phi) is 8.40. The first kappa shape index (κ1) is 22.3. The fourth-order valence-electron chi connectivity index (χ4n) is 3.05. The zero-order valence-corrected chi connectivity index (χ0v) is 17.5. The Labute approximate surface area is 183 Å². The summed E-state index contributed by atoms with van der Waals surface area (Å²) in [6, 6.07) is 26.8. The highest BCUT2D eigenvalue weighted by Crippen LogP contribution is 2.21. The van der Waals surface area contributed by atoms with Gasteiger partial charge in [0.1, 0.15) is 18.5 Å². The smallest absolute Gasteiger partial charge is 0.338 e. The second-order valence-electron chi connectivity index (χ2n) is 7.07. The van der Waals surface area contributed by atoms with Gasteiger partial charge in [-0.3, -0.25) is 0 Å². The summed E-state index contributed by atoms with van der Waals surface area (Å²) in [6.45, 7) is 1.33. The Balaban J connectivity index is 1.53. The minimum Gasteiger partial charge on any atom is -0.491 e. The van der Waals surface area contributed by atoms with E-state index in [1.807, 2.05) is 84.9 Å². The predicted molar refractivity (Wildman–Crippen MR) is 122 cm³/mol. The molecular formula is C26H27NO4. The molecule has 160 valence electrons. The molecule has 0 bridgehead atoms. The molecule has 3 aromatic rings. The van der Waals surface area contributed by atoms with E-state index < -0.39 is 12.1 Å². The van der Waals surface area contributed by atoms with Crippen molar-refractivity contribution >= 4 is 17.6 Å². The van der Waals surface area contributed by atoms with E-state index in [9.17, 15) is 9.90 Å². The minimum absolute atomic E-state index is 0.189. The molecule has 0 aliphatic carbocycles. The van der Waals surface area contributed by atoms with Gasteiger partial charge in [-0.15, -0.1) is 0 Å². The molecule has 3 rings (SSSR count). The third kappa shape index (κ3) is 7.10. The van der Waals surface area contributed by atoms with E-state index >= 15 is 0 Å². The SMILES string of the molecule is COC(=O)/C(=C/c1ccc(OCC(O)CNCc2ccccc2)cc1)c1ccccc1. The van der Waals surface area contributed by atoms with E-state index in [1.54, 1.807) is 6.08 Å². The molecule has 0 fully saturated rings. The fourth-order valence-corrected chi connectivity index (χ4v) is 3.05. The number of esters is 1. The van der Waals surface area contributed by atoms with Crippen LogP contribution in [0.15, 0.2) is 84.9 Å². The molecule has 0 amide bonds. The maximum Gasteiger partial charge on any atom is 0.338 e. The van der Waals surface area contributed by atoms with Crippen LogP contribution in [-0.2, 0) is 16.1 Å². The van der Waals surface area contributed by atoms with Gasteiger partial charge in [0.25, 0.3) is 0 Å². The summed E-state index contributed by atoms with van der Waals surface area (Å²) in [6.07, 6.45) is 1.17. The number of carbonyl (C=O) groups excluding carboxylic acids is 1. The van der Waals surface area contributed by atoms with Crippen LogP contribution in [0.2, 0.25) is 0 Å². The van der Waals surface area contributed by atoms with Crippen LogP contribution >= 0.6 is 0 Å². The monoisotopic (exact) mass is 417 g/mol. The van der Waals surface area contributed by atoms with Crippen molar-refractivity contribution in [1.29, 1.82) is 0 Å². The zero-order valence-electron chi connectivity index (χ0n) is 17.5. The van der Waals surface area contributed by atoms with Crippen molar-refractivity contribution in [2.24, 2.45) is 0 Å². The van der Waals surface area contributed by atoms with E-state index in [0.29, 0.717) is 24.4 Å². The Hall–Kier alpha value is -3.41. The molecule has 0 heterocycles. The maximum atomic E-state index is 12.2. The van der Waals surface area contributed by atoms with Gasteiger partial charge < -0.3 is 19.9 Å². The Morgan fingerprint density at radius 2 is 1.61 bits per heavy atom. The van der Waals surface area contributed by atoms with Crippen molar-refractivity contribution in [2.75, 3.05) is 20.3 Å². The number of hydrogen-bond donors (Lipinski definition) is 2. The summed E-state index contributed by atoms with van der Waals surface area (Å²) in [4.78, 5) is 12.2. The minimum atomic E-state index is -0.618. The predicted octanol–water partition coefficient (Wildman–Crippen LogP) is 3.93. The highest BCUT2D eigenvalue weighted by atomic mass is 16.5. The fraction of sp³-hybridized carbons (Fsp3) is 0.192. The molecule has 0 saturated heterocycles. The van der Waals surface area contributed by atoms with Gasteiger partial charge in [-0.1, -0.05) is 72.8 Å². The number of aliphatic hydroxyl groups excluding tert-OH is 1. The average molecular weight is 418 g/mol. The molecule has 0 spiro atoms. The van der Waals surface area contributed by atoms with Crippen molar-refractivity contribution in [3.63, 3.8) is 0 Å². The lowest BCUT2D eigenvalue weighted by Gasteiger charge is -2.13. The van der Waals surface area contributed by atoms with Crippen molar-refractivity contribution in [1.82, 2.24) is 5.32 Å². The first-order chi connectivity index (χ1) is 15.2. The molecule has 0 aromatic heterocycles. The van der Waals surface area contributed by atoms with Crippen molar-refractivity contribution in [3.05, 3.63) is 102 Å². The second-order valence-corrected chi connectivity index (χ2v) is 7.07. The van der Waals surface area contributed by atoms with E-state index in [4.69, 9.17) is 9.47 Å². The molecule has 0 aliphatic heterocycles. The van der Waals surface area contributed by atoms with Gasteiger partial charge in [-0.2, -0.15) is 0 Å². The van der Waals surface area contributed by atoms with Crippen LogP contribution < -0.4 is 10.1 Å². The van der Waals surface area contributed by atoms with Crippen LogP contribution in [0, 0.1) is 0 Å². The first-order valence-electron chi connectivity index (χ1n) is 10.2. The average Bonchev–Trinajstić information content (AvgIpc) is 2.82. The van der Waals surface area contributed by atoms with Gasteiger partial charge in [-0.25, -0.2) is 4.79 Å². The highest BCUT2D eigenvalue weighted by Gasteiger charge is 2.12. The van der Waals surface area contributed by atoms with Crippen LogP contribution in [0.5, 0.6) is 5.75 Å². The molecule has 5 nitrogen and oxygen atoms in total. The standard InChI is InChI=1S/C26H27NO4/c1-30-26(29)25(22-10-6-3-7-11-22)16-20-12-14-24(15-13-20)31-19-23(28)18-27-17-21-8-4-2-5-9-21/h2-16,23,27-28H,17-19H2,1H3/b25-16+. The van der Waals surface area contributed by atoms with E-state index in [0.717, 1.165) is 11.1 Å². The van der Waals surface area contributed by atoms with Gasteiger partial charge in [0.05, 0.1) is 12.7 Å². The van der Waals surface area contributed by atoms with Crippen molar-refractivity contribution in [2.45, 2.75) is 12.6 Å². The molecule has 1 unspecified atom stereocenters. The quantitative estimate of drug-likeness (QED) is 0.297. The van der Waals surface area contributed by atoms with Crippen LogP contribution in [0.3, 0.4) is 0 Å². The van der Waals surface area contributed by atoms with Gasteiger partial charge in [-0.05, 0) is 34.9 Å². The van der Waals surface area contributed by atoms with Crippen LogP contribution in [0.4, 0.5) is 0 Å². The lowest BCUT2D eigenvalue weighted by atomic mass is 10.0. The Bertz CT molecular complexity index is 969. The van der Waals surface area contributed by atoms with Crippen molar-refractivity contribution < 1.29 is 19.4 Å². The van der Waals surface area contributed by atoms with E-state index in [-0.39, 0.29) is 6.61 Å². The molecule has 0 aliphatic rings. The summed E-state index contributed by atoms with van der Waals surface area (Å²) in [5.41, 5.74) is 3.29. The molecule has 3 aromatic carbocycles. The van der Waals surface area contributed by atoms with Gasteiger partial charge in [0.15, 0.2) is 0 Å². The molecular weight excluding hydrogens is 390 g/mol. The molecule has 0 saturated carbocycles. The number of ether oxygens (including phenoxy) is 2. The lowest BCUT2D eigenvalue weighted by Crippen LogP contribution is -2.31. The van der Waals surface area contributed by atoms with Gasteiger partial charge >= 0.3 is 5.97 Å². The molecule has 0 radical (unpaired) electrons. The van der Waals surface area contributed by atoms with Crippen LogP contribution in [-0.4, -0.2) is 37.4 Å². The third-order valence-corrected chi connectivity index (χ3v) is 4.68. The van der Waals surface area contributed by atoms with Gasteiger partial charge in [0, 0.05) is 13.1 Å². The summed E-state index contributed by atoms with van der Waals surface area (Å²) >= 11 is 0. The molecule has 5 heteroatoms. The molecule has 31 heavy (non-hydrogen) atoms. The summed E-state index contributed by atoms with van der Waals surface area (Å²) < 4.78 is 10.6. The number of nitrogens with one attached hydrogen (secondary N) is 1. The lowest BCUT2D eigenvalue weighted by molar-refractivity contribution is -0.133. The van der Waals surface area contributed by atoms with E-state index in [2.05, 4.69) is 5.32 Å².